The Morgan fingerprint density at radius 3 is 2.68 bits per heavy atom. The predicted octanol–water partition coefficient (Wildman–Crippen LogP) is 4.93. The first kappa shape index (κ1) is 24.4. The van der Waals surface area contributed by atoms with Gasteiger partial charge in [-0.15, -0.1) is 0 Å². The van der Waals surface area contributed by atoms with Crippen LogP contribution in [0, 0.1) is 0 Å². The van der Waals surface area contributed by atoms with Crippen LogP contribution in [0.5, 0.6) is 0 Å². The lowest BCUT2D eigenvalue weighted by Crippen LogP contribution is -2.33. The van der Waals surface area contributed by atoms with Gasteiger partial charge in [-0.05, 0) is 73.5 Å². The second-order valence-corrected chi connectivity index (χ2v) is 9.98. The molecule has 0 radical (unpaired) electrons. The zero-order valence-electron chi connectivity index (χ0n) is 19.8. The molecule has 2 aromatic carbocycles. The number of nitrogens with one attached hydrogen (secondary N) is 1. The van der Waals surface area contributed by atoms with E-state index in [1.54, 1.807) is 11.8 Å². The number of imidazole rings is 1. The minimum atomic E-state index is -0.792. The molecule has 0 aliphatic carbocycles. The first-order valence-corrected chi connectivity index (χ1v) is 13.4. The van der Waals surface area contributed by atoms with Crippen molar-refractivity contribution in [3.8, 4) is 0 Å². The first-order chi connectivity index (χ1) is 16.6. The van der Waals surface area contributed by atoms with Crippen LogP contribution in [0.3, 0.4) is 0 Å². The molecule has 0 bridgehead atoms. The summed E-state index contributed by atoms with van der Waals surface area (Å²) in [6, 6.07) is 18.3. The van der Waals surface area contributed by atoms with E-state index in [0.717, 1.165) is 50.5 Å². The quantitative estimate of drug-likeness (QED) is 0.407. The van der Waals surface area contributed by atoms with Crippen molar-refractivity contribution < 1.29 is 9.90 Å². The molecule has 1 saturated heterocycles. The van der Waals surface area contributed by atoms with Gasteiger partial charge in [0, 0.05) is 25.0 Å². The molecule has 0 saturated carbocycles. The van der Waals surface area contributed by atoms with Gasteiger partial charge in [-0.2, -0.15) is 11.8 Å². The number of anilines is 1. The van der Waals surface area contributed by atoms with Crippen molar-refractivity contribution in [1.82, 2.24) is 14.5 Å². The van der Waals surface area contributed by atoms with Gasteiger partial charge in [-0.1, -0.05) is 42.5 Å². The number of thioether (sulfide) groups is 1. The summed E-state index contributed by atoms with van der Waals surface area (Å²) in [6.45, 7) is 3.85. The number of piperidine rings is 1. The molecule has 0 amide bonds. The Labute approximate surface area is 206 Å². The van der Waals surface area contributed by atoms with E-state index in [1.807, 2.05) is 37.0 Å². The van der Waals surface area contributed by atoms with Crippen LogP contribution in [0.25, 0.3) is 0 Å². The van der Waals surface area contributed by atoms with Crippen LogP contribution in [0.1, 0.15) is 42.0 Å². The highest BCUT2D eigenvalue weighted by Gasteiger charge is 2.22. The van der Waals surface area contributed by atoms with Gasteiger partial charge < -0.3 is 15.0 Å². The van der Waals surface area contributed by atoms with Crippen LogP contribution in [0.15, 0.2) is 67.1 Å². The van der Waals surface area contributed by atoms with E-state index >= 15 is 0 Å². The maximum atomic E-state index is 11.6. The highest BCUT2D eigenvalue weighted by Crippen LogP contribution is 2.30. The zero-order valence-corrected chi connectivity index (χ0v) is 20.6. The van der Waals surface area contributed by atoms with Crippen LogP contribution in [-0.2, 0) is 17.9 Å². The summed E-state index contributed by atoms with van der Waals surface area (Å²) in [4.78, 5) is 18.5. The lowest BCUT2D eigenvalue weighted by Gasteiger charge is -2.32. The van der Waals surface area contributed by atoms with Gasteiger partial charge in [0.1, 0.15) is 6.04 Å². The van der Waals surface area contributed by atoms with E-state index in [-0.39, 0.29) is 0 Å². The van der Waals surface area contributed by atoms with E-state index < -0.39 is 12.0 Å². The van der Waals surface area contributed by atoms with Crippen molar-refractivity contribution in [2.24, 2.45) is 0 Å². The lowest BCUT2D eigenvalue weighted by molar-refractivity contribution is -0.137. The van der Waals surface area contributed by atoms with Crippen LogP contribution in [0.4, 0.5) is 5.69 Å². The number of aromatic nitrogens is 2. The third-order valence-electron chi connectivity index (χ3n) is 6.58. The molecule has 180 valence electrons. The average Bonchev–Trinajstić information content (AvgIpc) is 3.29. The molecule has 2 N–H and O–H groups in total. The Balaban J connectivity index is 1.32. The van der Waals surface area contributed by atoms with Crippen LogP contribution < -0.4 is 5.32 Å². The SMILES string of the molecule is CSCCC(Nc1cccc(C2CCN(Cc3cncn3Cc3ccccc3)CC2)c1)C(=O)O. The standard InChI is InChI=1S/C27H34N4O2S/c1-34-15-12-26(27(32)33)29-24-9-5-8-23(16-24)22-10-13-30(14-11-22)19-25-17-28-20-31(25)18-21-6-3-2-4-7-21/h2-9,16-17,20,22,26,29H,10-15,18-19H2,1H3,(H,32,33). The molecule has 1 unspecified atom stereocenters. The number of carboxylic acids is 1. The molecule has 0 spiro atoms. The number of likely N-dealkylation sites (tertiary alicyclic amines) is 1. The molecular formula is C27H34N4O2S. The van der Waals surface area contributed by atoms with Gasteiger partial charge in [0.2, 0.25) is 0 Å². The van der Waals surface area contributed by atoms with Crippen molar-refractivity contribution in [3.63, 3.8) is 0 Å². The third-order valence-corrected chi connectivity index (χ3v) is 7.22. The second-order valence-electron chi connectivity index (χ2n) is 8.99. The number of hydrogen-bond donors (Lipinski definition) is 2. The number of rotatable bonds is 11. The van der Waals surface area contributed by atoms with Crippen molar-refractivity contribution in [1.29, 1.82) is 0 Å². The summed E-state index contributed by atoms with van der Waals surface area (Å²) < 4.78 is 2.24. The summed E-state index contributed by atoms with van der Waals surface area (Å²) in [5.41, 5.74) is 4.73. The van der Waals surface area contributed by atoms with Crippen molar-refractivity contribution in [2.75, 3.05) is 30.4 Å². The maximum absolute atomic E-state index is 11.6. The third kappa shape index (κ3) is 6.64. The number of nitrogens with zero attached hydrogens (tertiary/aromatic N) is 3. The van der Waals surface area contributed by atoms with Crippen LogP contribution >= 0.6 is 11.8 Å². The Kier molecular flexibility index (Phi) is 8.66. The lowest BCUT2D eigenvalue weighted by atomic mass is 9.89. The fourth-order valence-corrected chi connectivity index (χ4v) is 5.10. The van der Waals surface area contributed by atoms with Gasteiger partial charge in [0.15, 0.2) is 0 Å². The molecule has 3 aromatic rings. The van der Waals surface area contributed by atoms with Crippen molar-refractivity contribution in [3.05, 3.63) is 83.9 Å². The summed E-state index contributed by atoms with van der Waals surface area (Å²) >= 11 is 1.67. The van der Waals surface area contributed by atoms with E-state index in [4.69, 9.17) is 0 Å². The fourth-order valence-electron chi connectivity index (χ4n) is 4.63. The first-order valence-electron chi connectivity index (χ1n) is 12.0. The number of aliphatic carboxylic acids is 1. The molecule has 1 aliphatic rings. The molecular weight excluding hydrogens is 444 g/mol. The summed E-state index contributed by atoms with van der Waals surface area (Å²) in [6.07, 6.45) is 8.73. The average molecular weight is 479 g/mol. The number of carbonyl (C=O) groups is 1. The van der Waals surface area contributed by atoms with E-state index in [1.165, 1.54) is 16.8 Å². The van der Waals surface area contributed by atoms with E-state index in [0.29, 0.717) is 12.3 Å². The molecule has 4 rings (SSSR count). The van der Waals surface area contributed by atoms with Crippen LogP contribution in [-0.4, -0.2) is 56.7 Å². The topological polar surface area (TPSA) is 70.4 Å². The number of hydrogen-bond acceptors (Lipinski definition) is 5. The molecule has 1 aliphatic heterocycles. The molecule has 6 nitrogen and oxygen atoms in total. The van der Waals surface area contributed by atoms with Gasteiger partial charge in [0.25, 0.3) is 0 Å². The highest BCUT2D eigenvalue weighted by molar-refractivity contribution is 7.98. The minimum Gasteiger partial charge on any atom is -0.480 e. The molecule has 34 heavy (non-hydrogen) atoms. The van der Waals surface area contributed by atoms with Gasteiger partial charge in [0.05, 0.1) is 12.0 Å². The van der Waals surface area contributed by atoms with Gasteiger partial charge >= 0.3 is 5.97 Å². The van der Waals surface area contributed by atoms with Gasteiger partial charge in [-0.25, -0.2) is 9.78 Å². The fraction of sp³-hybridized carbons (Fsp3) is 0.407. The van der Waals surface area contributed by atoms with Crippen molar-refractivity contribution in [2.45, 2.75) is 44.3 Å². The maximum Gasteiger partial charge on any atom is 0.326 e. The second kappa shape index (κ2) is 12.1. The van der Waals surface area contributed by atoms with E-state index in [9.17, 15) is 9.90 Å². The largest absolute Gasteiger partial charge is 0.480 e. The van der Waals surface area contributed by atoms with Crippen LogP contribution in [0.2, 0.25) is 0 Å². The molecule has 1 aromatic heterocycles. The van der Waals surface area contributed by atoms with Crippen molar-refractivity contribution >= 4 is 23.4 Å². The summed E-state index contributed by atoms with van der Waals surface area (Å²) in [7, 11) is 0. The summed E-state index contributed by atoms with van der Waals surface area (Å²) in [5.74, 6) is 0.535. The Morgan fingerprint density at radius 1 is 1.15 bits per heavy atom. The Morgan fingerprint density at radius 2 is 1.94 bits per heavy atom. The molecule has 1 fully saturated rings. The number of carboxylic acid groups (broad SMARTS) is 1. The summed E-state index contributed by atoms with van der Waals surface area (Å²) in [5, 5.41) is 12.8. The molecule has 1 atom stereocenters. The smallest absolute Gasteiger partial charge is 0.326 e. The molecule has 2 heterocycles. The Hall–Kier alpha value is -2.77. The normalized spacial score (nSPS) is 15.8. The minimum absolute atomic E-state index is 0.502. The number of benzene rings is 2. The van der Waals surface area contributed by atoms with E-state index in [2.05, 4.69) is 56.2 Å². The van der Waals surface area contributed by atoms with Gasteiger partial charge in [-0.3, -0.25) is 4.90 Å². The Bertz CT molecular complexity index is 1050. The highest BCUT2D eigenvalue weighted by atomic mass is 32.2. The monoisotopic (exact) mass is 478 g/mol. The molecule has 7 heteroatoms. The zero-order chi connectivity index (χ0) is 23.8. The predicted molar refractivity (Wildman–Crippen MR) is 140 cm³/mol.